The van der Waals surface area contributed by atoms with Crippen molar-refractivity contribution in [2.45, 2.75) is 17.1 Å². The summed E-state index contributed by atoms with van der Waals surface area (Å²) in [5.74, 6) is 0.329. The van der Waals surface area contributed by atoms with Crippen LogP contribution in [-0.4, -0.2) is 32.5 Å². The SMILES string of the molecule is CCSc1nc(N)cc(SCC(=O)O)n1. The van der Waals surface area contributed by atoms with E-state index in [2.05, 4.69) is 9.97 Å². The molecule has 0 saturated carbocycles. The molecule has 0 bridgehead atoms. The number of carboxylic acids is 1. The van der Waals surface area contributed by atoms with Gasteiger partial charge in [0.15, 0.2) is 5.16 Å². The Morgan fingerprint density at radius 3 is 2.87 bits per heavy atom. The normalized spacial score (nSPS) is 10.2. The summed E-state index contributed by atoms with van der Waals surface area (Å²) in [5, 5.41) is 9.70. The topological polar surface area (TPSA) is 89.1 Å². The summed E-state index contributed by atoms with van der Waals surface area (Å²) >= 11 is 2.61. The molecule has 15 heavy (non-hydrogen) atoms. The summed E-state index contributed by atoms with van der Waals surface area (Å²) in [4.78, 5) is 18.6. The molecule has 1 aromatic heterocycles. The number of hydrogen-bond donors (Lipinski definition) is 2. The van der Waals surface area contributed by atoms with E-state index in [4.69, 9.17) is 10.8 Å². The number of carboxylic acid groups (broad SMARTS) is 1. The fraction of sp³-hybridized carbons (Fsp3) is 0.375. The number of anilines is 1. The lowest BCUT2D eigenvalue weighted by atomic mass is 10.6. The van der Waals surface area contributed by atoms with Crippen LogP contribution in [0.25, 0.3) is 0 Å². The van der Waals surface area contributed by atoms with Gasteiger partial charge in [0.05, 0.1) is 5.75 Å². The number of nitrogens with zero attached hydrogens (tertiary/aromatic N) is 2. The zero-order valence-electron chi connectivity index (χ0n) is 8.14. The summed E-state index contributed by atoms with van der Waals surface area (Å²) in [6.45, 7) is 1.99. The van der Waals surface area contributed by atoms with Gasteiger partial charge in [-0.15, -0.1) is 0 Å². The molecule has 0 saturated heterocycles. The molecule has 0 aliphatic rings. The molecule has 1 heterocycles. The lowest BCUT2D eigenvalue weighted by Crippen LogP contribution is -2.00. The van der Waals surface area contributed by atoms with E-state index in [0.717, 1.165) is 17.5 Å². The first-order valence-electron chi connectivity index (χ1n) is 4.23. The molecule has 0 atom stereocenters. The molecule has 0 radical (unpaired) electrons. The Morgan fingerprint density at radius 1 is 1.53 bits per heavy atom. The Kier molecular flexibility index (Phi) is 4.70. The number of rotatable bonds is 5. The summed E-state index contributed by atoms with van der Waals surface area (Å²) in [6, 6.07) is 1.58. The number of thioether (sulfide) groups is 2. The highest BCUT2D eigenvalue weighted by molar-refractivity contribution is 8.00. The van der Waals surface area contributed by atoms with Gasteiger partial charge in [-0.1, -0.05) is 30.4 Å². The van der Waals surface area contributed by atoms with Gasteiger partial charge in [-0.3, -0.25) is 4.79 Å². The summed E-state index contributed by atoms with van der Waals surface area (Å²) in [7, 11) is 0. The number of aromatic nitrogens is 2. The quantitative estimate of drug-likeness (QED) is 0.459. The van der Waals surface area contributed by atoms with Gasteiger partial charge in [0.25, 0.3) is 0 Å². The van der Waals surface area contributed by atoms with E-state index in [9.17, 15) is 4.79 Å². The summed E-state index contributed by atoms with van der Waals surface area (Å²) < 4.78 is 0. The third-order valence-corrected chi connectivity index (χ3v) is 2.94. The zero-order chi connectivity index (χ0) is 11.3. The minimum Gasteiger partial charge on any atom is -0.481 e. The maximum absolute atomic E-state index is 10.4. The van der Waals surface area contributed by atoms with Crippen molar-refractivity contribution < 1.29 is 9.90 Å². The molecule has 7 heteroatoms. The van der Waals surface area contributed by atoms with Gasteiger partial charge < -0.3 is 10.8 Å². The predicted molar refractivity (Wildman–Crippen MR) is 61.2 cm³/mol. The third kappa shape index (κ3) is 4.39. The van der Waals surface area contributed by atoms with Crippen LogP contribution >= 0.6 is 23.5 Å². The van der Waals surface area contributed by atoms with E-state index in [0.29, 0.717) is 16.0 Å². The van der Waals surface area contributed by atoms with Crippen molar-refractivity contribution in [2.75, 3.05) is 17.2 Å². The van der Waals surface area contributed by atoms with E-state index >= 15 is 0 Å². The van der Waals surface area contributed by atoms with Crippen molar-refractivity contribution in [1.29, 1.82) is 0 Å². The second kappa shape index (κ2) is 5.82. The molecule has 0 unspecified atom stereocenters. The van der Waals surface area contributed by atoms with Crippen molar-refractivity contribution in [3.05, 3.63) is 6.07 Å². The maximum Gasteiger partial charge on any atom is 0.313 e. The van der Waals surface area contributed by atoms with E-state index < -0.39 is 5.97 Å². The second-order valence-corrected chi connectivity index (χ2v) is 4.76. The first-order valence-corrected chi connectivity index (χ1v) is 6.21. The average Bonchev–Trinajstić information content (AvgIpc) is 2.14. The van der Waals surface area contributed by atoms with Gasteiger partial charge in [-0.05, 0) is 5.75 Å². The molecule has 0 amide bonds. The lowest BCUT2D eigenvalue weighted by Gasteiger charge is -2.02. The molecule has 1 aromatic rings. The average molecular weight is 245 g/mol. The Balaban J connectivity index is 2.74. The highest BCUT2D eigenvalue weighted by atomic mass is 32.2. The molecular formula is C8H11N3O2S2. The van der Waals surface area contributed by atoms with Crippen LogP contribution < -0.4 is 5.73 Å². The van der Waals surface area contributed by atoms with E-state index in [1.165, 1.54) is 11.8 Å². The predicted octanol–water partition coefficient (Wildman–Crippen LogP) is 1.35. The van der Waals surface area contributed by atoms with Crippen LogP contribution in [0.1, 0.15) is 6.92 Å². The number of hydrogen-bond acceptors (Lipinski definition) is 6. The van der Waals surface area contributed by atoms with Crippen molar-refractivity contribution in [1.82, 2.24) is 9.97 Å². The van der Waals surface area contributed by atoms with Crippen LogP contribution in [0.4, 0.5) is 5.82 Å². The number of nitrogens with two attached hydrogens (primary N) is 1. The molecule has 0 aromatic carbocycles. The Bertz CT molecular complexity index is 360. The molecule has 0 fully saturated rings. The van der Waals surface area contributed by atoms with Gasteiger partial charge >= 0.3 is 5.97 Å². The van der Waals surface area contributed by atoms with Gasteiger partial charge in [0.2, 0.25) is 0 Å². The minimum atomic E-state index is -0.873. The fourth-order valence-electron chi connectivity index (χ4n) is 0.824. The Hall–Kier alpha value is -0.950. The smallest absolute Gasteiger partial charge is 0.313 e. The minimum absolute atomic E-state index is 0.0211. The first kappa shape index (κ1) is 12.1. The number of aliphatic carboxylic acids is 1. The van der Waals surface area contributed by atoms with Crippen LogP contribution in [0.3, 0.4) is 0 Å². The van der Waals surface area contributed by atoms with Gasteiger partial charge in [0, 0.05) is 6.07 Å². The van der Waals surface area contributed by atoms with Crippen molar-refractivity contribution in [2.24, 2.45) is 0 Å². The van der Waals surface area contributed by atoms with E-state index in [-0.39, 0.29) is 5.75 Å². The first-order chi connectivity index (χ1) is 7.11. The van der Waals surface area contributed by atoms with Gasteiger partial charge in [-0.25, -0.2) is 9.97 Å². The van der Waals surface area contributed by atoms with Crippen LogP contribution in [-0.2, 0) is 4.79 Å². The van der Waals surface area contributed by atoms with Crippen molar-refractivity contribution in [3.63, 3.8) is 0 Å². The van der Waals surface area contributed by atoms with Crippen molar-refractivity contribution in [3.8, 4) is 0 Å². The molecular weight excluding hydrogens is 234 g/mol. The maximum atomic E-state index is 10.4. The van der Waals surface area contributed by atoms with Gasteiger partial charge in [-0.2, -0.15) is 0 Å². The van der Waals surface area contributed by atoms with Crippen LogP contribution in [0.2, 0.25) is 0 Å². The monoisotopic (exact) mass is 245 g/mol. The van der Waals surface area contributed by atoms with Crippen LogP contribution in [0, 0.1) is 0 Å². The zero-order valence-corrected chi connectivity index (χ0v) is 9.77. The number of carbonyl (C=O) groups is 1. The van der Waals surface area contributed by atoms with E-state index in [1.807, 2.05) is 6.92 Å². The standard InChI is InChI=1S/C8H11N3O2S2/c1-2-14-8-10-5(9)3-6(11-8)15-4-7(12)13/h3H,2,4H2,1H3,(H,12,13)(H2,9,10,11). The largest absolute Gasteiger partial charge is 0.481 e. The van der Waals surface area contributed by atoms with Crippen LogP contribution in [0.15, 0.2) is 16.2 Å². The highest BCUT2D eigenvalue weighted by Crippen LogP contribution is 2.21. The lowest BCUT2D eigenvalue weighted by molar-refractivity contribution is -0.133. The Morgan fingerprint density at radius 2 is 2.27 bits per heavy atom. The summed E-state index contributed by atoms with van der Waals surface area (Å²) in [6.07, 6.45) is 0. The third-order valence-electron chi connectivity index (χ3n) is 1.32. The molecule has 3 N–H and O–H groups in total. The molecule has 82 valence electrons. The summed E-state index contributed by atoms with van der Waals surface area (Å²) in [5.41, 5.74) is 5.57. The Labute approximate surface area is 95.9 Å². The number of nitrogen functional groups attached to an aromatic ring is 1. The fourth-order valence-corrected chi connectivity index (χ4v) is 2.10. The molecule has 0 aliphatic heterocycles. The highest BCUT2D eigenvalue weighted by Gasteiger charge is 2.05. The molecule has 0 spiro atoms. The van der Waals surface area contributed by atoms with Crippen molar-refractivity contribution >= 4 is 35.3 Å². The van der Waals surface area contributed by atoms with Crippen LogP contribution in [0.5, 0.6) is 0 Å². The molecule has 1 rings (SSSR count). The molecule has 5 nitrogen and oxygen atoms in total. The van der Waals surface area contributed by atoms with Gasteiger partial charge in [0.1, 0.15) is 10.8 Å². The van der Waals surface area contributed by atoms with E-state index in [1.54, 1.807) is 6.07 Å². The second-order valence-electron chi connectivity index (χ2n) is 2.53. The molecule has 0 aliphatic carbocycles.